The van der Waals surface area contributed by atoms with Gasteiger partial charge in [0.05, 0.1) is 11.7 Å². The summed E-state index contributed by atoms with van der Waals surface area (Å²) >= 11 is 0. The third kappa shape index (κ3) is 3.12. The summed E-state index contributed by atoms with van der Waals surface area (Å²) in [6.07, 6.45) is 3.01. The number of benzene rings is 1. The number of amides is 1. The standard InChI is InChI=1S/C14H20N4O/c1-10(2)18-13-8-12(6-5-11(13)9-16-18)17-14(19)4-3-7-15/h5-6,8-10H,3-4,7,15H2,1-2H3,(H,17,19). The molecule has 1 heterocycles. The van der Waals surface area contributed by atoms with E-state index in [4.69, 9.17) is 5.73 Å². The first kappa shape index (κ1) is 13.5. The molecule has 0 radical (unpaired) electrons. The van der Waals surface area contributed by atoms with E-state index in [-0.39, 0.29) is 5.91 Å². The molecule has 0 aliphatic heterocycles. The van der Waals surface area contributed by atoms with Crippen molar-refractivity contribution in [3.8, 4) is 0 Å². The first-order chi connectivity index (χ1) is 9.11. The number of nitrogens with zero attached hydrogens (tertiary/aromatic N) is 2. The monoisotopic (exact) mass is 260 g/mol. The highest BCUT2D eigenvalue weighted by Crippen LogP contribution is 2.21. The van der Waals surface area contributed by atoms with E-state index in [0.29, 0.717) is 25.4 Å². The predicted molar refractivity (Wildman–Crippen MR) is 77.0 cm³/mol. The van der Waals surface area contributed by atoms with Gasteiger partial charge in [0, 0.05) is 23.5 Å². The van der Waals surface area contributed by atoms with E-state index in [1.165, 1.54) is 0 Å². The number of rotatable bonds is 5. The molecular weight excluding hydrogens is 240 g/mol. The minimum absolute atomic E-state index is 0.000382. The van der Waals surface area contributed by atoms with E-state index in [0.717, 1.165) is 16.6 Å². The maximum Gasteiger partial charge on any atom is 0.224 e. The van der Waals surface area contributed by atoms with Gasteiger partial charge in [0.25, 0.3) is 0 Å². The highest BCUT2D eigenvalue weighted by Gasteiger charge is 2.08. The van der Waals surface area contributed by atoms with Gasteiger partial charge in [-0.15, -0.1) is 0 Å². The van der Waals surface area contributed by atoms with Crippen LogP contribution in [0.3, 0.4) is 0 Å². The van der Waals surface area contributed by atoms with Crippen molar-refractivity contribution in [3.63, 3.8) is 0 Å². The molecular formula is C14H20N4O. The maximum atomic E-state index is 11.7. The minimum atomic E-state index is 0.000382. The number of hydrogen-bond acceptors (Lipinski definition) is 3. The summed E-state index contributed by atoms with van der Waals surface area (Å²) in [6, 6.07) is 6.12. The van der Waals surface area contributed by atoms with Crippen molar-refractivity contribution >= 4 is 22.5 Å². The van der Waals surface area contributed by atoms with Crippen molar-refractivity contribution in [1.82, 2.24) is 9.78 Å². The van der Waals surface area contributed by atoms with E-state index >= 15 is 0 Å². The van der Waals surface area contributed by atoms with Crippen LogP contribution in [0.1, 0.15) is 32.7 Å². The zero-order chi connectivity index (χ0) is 13.8. The maximum absolute atomic E-state index is 11.7. The second kappa shape index (κ2) is 5.84. The van der Waals surface area contributed by atoms with Crippen LogP contribution in [-0.4, -0.2) is 22.2 Å². The number of hydrogen-bond donors (Lipinski definition) is 2. The van der Waals surface area contributed by atoms with Gasteiger partial charge in [-0.1, -0.05) is 0 Å². The number of nitrogens with one attached hydrogen (secondary N) is 1. The molecule has 5 heteroatoms. The van der Waals surface area contributed by atoms with Crippen molar-refractivity contribution < 1.29 is 4.79 Å². The van der Waals surface area contributed by atoms with Gasteiger partial charge in [-0.2, -0.15) is 5.10 Å². The number of anilines is 1. The Morgan fingerprint density at radius 2 is 2.26 bits per heavy atom. The molecule has 0 fully saturated rings. The second-order valence-corrected chi connectivity index (χ2v) is 4.90. The average molecular weight is 260 g/mol. The third-order valence-electron chi connectivity index (χ3n) is 2.98. The van der Waals surface area contributed by atoms with Gasteiger partial charge in [0.15, 0.2) is 0 Å². The topological polar surface area (TPSA) is 72.9 Å². The second-order valence-electron chi connectivity index (χ2n) is 4.90. The van der Waals surface area contributed by atoms with Crippen LogP contribution in [0.2, 0.25) is 0 Å². The highest BCUT2D eigenvalue weighted by molar-refractivity contribution is 5.93. The van der Waals surface area contributed by atoms with Crippen LogP contribution in [0.25, 0.3) is 10.9 Å². The molecule has 3 N–H and O–H groups in total. The molecule has 2 rings (SSSR count). The number of carbonyl (C=O) groups is 1. The molecule has 0 atom stereocenters. The van der Waals surface area contributed by atoms with E-state index in [9.17, 15) is 4.79 Å². The lowest BCUT2D eigenvalue weighted by Crippen LogP contribution is -2.13. The van der Waals surface area contributed by atoms with Crippen LogP contribution >= 0.6 is 0 Å². The van der Waals surface area contributed by atoms with Crippen molar-refractivity contribution in [2.45, 2.75) is 32.7 Å². The van der Waals surface area contributed by atoms with E-state index in [2.05, 4.69) is 24.3 Å². The average Bonchev–Trinajstić information content (AvgIpc) is 2.79. The first-order valence-corrected chi connectivity index (χ1v) is 6.59. The van der Waals surface area contributed by atoms with E-state index < -0.39 is 0 Å². The Labute approximate surface area is 112 Å². The first-order valence-electron chi connectivity index (χ1n) is 6.59. The molecule has 0 saturated heterocycles. The van der Waals surface area contributed by atoms with Crippen LogP contribution in [0.5, 0.6) is 0 Å². The Balaban J connectivity index is 2.20. The fourth-order valence-corrected chi connectivity index (χ4v) is 2.01. The van der Waals surface area contributed by atoms with Crippen LogP contribution in [-0.2, 0) is 4.79 Å². The molecule has 2 aromatic rings. The van der Waals surface area contributed by atoms with Gasteiger partial charge in [-0.3, -0.25) is 9.48 Å². The zero-order valence-electron chi connectivity index (χ0n) is 11.4. The summed E-state index contributed by atoms with van der Waals surface area (Å²) in [5, 5.41) is 8.32. The molecule has 0 unspecified atom stereocenters. The highest BCUT2D eigenvalue weighted by atomic mass is 16.1. The van der Waals surface area contributed by atoms with Gasteiger partial charge in [0.1, 0.15) is 0 Å². The summed E-state index contributed by atoms with van der Waals surface area (Å²) in [4.78, 5) is 11.7. The number of carbonyl (C=O) groups excluding carboxylic acids is 1. The van der Waals surface area contributed by atoms with Crippen LogP contribution in [0.15, 0.2) is 24.4 Å². The van der Waals surface area contributed by atoms with Crippen LogP contribution < -0.4 is 11.1 Å². The van der Waals surface area contributed by atoms with Crippen LogP contribution in [0, 0.1) is 0 Å². The Bertz CT molecular complexity index is 574. The third-order valence-corrected chi connectivity index (χ3v) is 2.98. The van der Waals surface area contributed by atoms with Gasteiger partial charge in [-0.25, -0.2) is 0 Å². The minimum Gasteiger partial charge on any atom is -0.330 e. The molecule has 5 nitrogen and oxygen atoms in total. The normalized spacial score (nSPS) is 11.2. The quantitative estimate of drug-likeness (QED) is 0.866. The fraction of sp³-hybridized carbons (Fsp3) is 0.429. The molecule has 1 aromatic heterocycles. The van der Waals surface area contributed by atoms with Crippen molar-refractivity contribution in [1.29, 1.82) is 0 Å². The molecule has 1 amide bonds. The molecule has 0 aliphatic carbocycles. The van der Waals surface area contributed by atoms with Gasteiger partial charge in [0.2, 0.25) is 5.91 Å². The lowest BCUT2D eigenvalue weighted by molar-refractivity contribution is -0.116. The molecule has 0 saturated carbocycles. The summed E-state index contributed by atoms with van der Waals surface area (Å²) in [5.74, 6) is 0.000382. The lowest BCUT2D eigenvalue weighted by Gasteiger charge is -2.09. The van der Waals surface area contributed by atoms with Gasteiger partial charge in [-0.05, 0) is 45.0 Å². The molecule has 0 bridgehead atoms. The van der Waals surface area contributed by atoms with E-state index in [1.807, 2.05) is 29.1 Å². The fourth-order valence-electron chi connectivity index (χ4n) is 2.01. The molecule has 0 aliphatic rings. The summed E-state index contributed by atoms with van der Waals surface area (Å²) in [6.45, 7) is 4.70. The molecule has 19 heavy (non-hydrogen) atoms. The Kier molecular flexibility index (Phi) is 4.16. The number of fused-ring (bicyclic) bond motifs is 1. The Morgan fingerprint density at radius 3 is 2.95 bits per heavy atom. The zero-order valence-corrected chi connectivity index (χ0v) is 11.4. The van der Waals surface area contributed by atoms with Crippen molar-refractivity contribution in [3.05, 3.63) is 24.4 Å². The Morgan fingerprint density at radius 1 is 1.47 bits per heavy atom. The Hall–Kier alpha value is -1.88. The number of nitrogens with two attached hydrogens (primary N) is 1. The predicted octanol–water partition coefficient (Wildman–Crippen LogP) is 2.29. The summed E-state index contributed by atoms with van der Waals surface area (Å²) < 4.78 is 1.95. The van der Waals surface area contributed by atoms with Crippen molar-refractivity contribution in [2.24, 2.45) is 5.73 Å². The smallest absolute Gasteiger partial charge is 0.224 e. The summed E-state index contributed by atoms with van der Waals surface area (Å²) in [5.41, 5.74) is 7.23. The lowest BCUT2D eigenvalue weighted by atomic mass is 10.2. The number of aromatic nitrogens is 2. The van der Waals surface area contributed by atoms with Gasteiger partial charge < -0.3 is 11.1 Å². The SMILES string of the molecule is CC(C)n1ncc2ccc(NC(=O)CCCN)cc21. The largest absolute Gasteiger partial charge is 0.330 e. The van der Waals surface area contributed by atoms with Crippen LogP contribution in [0.4, 0.5) is 5.69 Å². The van der Waals surface area contributed by atoms with Gasteiger partial charge >= 0.3 is 0 Å². The molecule has 1 aromatic carbocycles. The summed E-state index contributed by atoms with van der Waals surface area (Å²) in [7, 11) is 0. The molecule has 102 valence electrons. The van der Waals surface area contributed by atoms with E-state index in [1.54, 1.807) is 0 Å². The van der Waals surface area contributed by atoms with Crippen molar-refractivity contribution in [2.75, 3.05) is 11.9 Å². The molecule has 0 spiro atoms.